The van der Waals surface area contributed by atoms with Gasteiger partial charge in [-0.25, -0.2) is 8.42 Å². The maximum atomic E-state index is 12.6. The van der Waals surface area contributed by atoms with Crippen LogP contribution in [0.5, 0.6) is 0 Å². The van der Waals surface area contributed by atoms with E-state index >= 15 is 0 Å². The Morgan fingerprint density at radius 2 is 1.69 bits per heavy atom. The highest BCUT2D eigenvalue weighted by molar-refractivity contribution is 7.91. The Morgan fingerprint density at radius 1 is 1.00 bits per heavy atom. The molecule has 29 heavy (non-hydrogen) atoms. The smallest absolute Gasteiger partial charge is 0.252 e. The van der Waals surface area contributed by atoms with Gasteiger partial charge < -0.3 is 10.6 Å². The zero-order valence-electron chi connectivity index (χ0n) is 17.5. The predicted molar refractivity (Wildman–Crippen MR) is 122 cm³/mol. The molecule has 0 aliphatic heterocycles. The number of aliphatic imine (C=N–C) groups is 1. The topological polar surface area (TPSA) is 73.8 Å². The number of thiophene rings is 1. The van der Waals surface area contributed by atoms with Gasteiger partial charge in [-0.05, 0) is 37.0 Å². The van der Waals surface area contributed by atoms with Gasteiger partial charge in [-0.15, -0.1) is 11.3 Å². The van der Waals surface area contributed by atoms with Crippen LogP contribution in [0.2, 0.25) is 0 Å². The first-order valence-electron chi connectivity index (χ1n) is 10.1. The molecule has 1 aromatic carbocycles. The van der Waals surface area contributed by atoms with Crippen LogP contribution in [0, 0.1) is 0 Å². The minimum atomic E-state index is -3.37. The Kier molecular flexibility index (Phi) is 9.63. The molecular formula is C21H32N4O2S2. The summed E-state index contributed by atoms with van der Waals surface area (Å²) in [5, 5.41) is 6.62. The van der Waals surface area contributed by atoms with Crippen LogP contribution in [0.1, 0.15) is 30.7 Å². The van der Waals surface area contributed by atoms with E-state index in [2.05, 4.69) is 39.9 Å². The average molecular weight is 437 g/mol. The van der Waals surface area contributed by atoms with E-state index in [1.165, 1.54) is 21.2 Å². The fourth-order valence-electron chi connectivity index (χ4n) is 2.99. The van der Waals surface area contributed by atoms with E-state index in [4.69, 9.17) is 0 Å². The molecule has 0 atom stereocenters. The van der Waals surface area contributed by atoms with Gasteiger partial charge in [0.1, 0.15) is 4.21 Å². The second-order valence-electron chi connectivity index (χ2n) is 6.57. The Bertz CT molecular complexity index is 860. The summed E-state index contributed by atoms with van der Waals surface area (Å²) in [5.74, 6) is 0.769. The number of aryl methyl sites for hydroxylation is 1. The molecule has 1 heterocycles. The second kappa shape index (κ2) is 11.9. The Labute approximate surface area is 179 Å². The lowest BCUT2D eigenvalue weighted by Crippen LogP contribution is -2.38. The lowest BCUT2D eigenvalue weighted by Gasteiger charge is -2.16. The number of hydrogen-bond acceptors (Lipinski definition) is 4. The number of benzene rings is 1. The molecule has 0 saturated heterocycles. The summed E-state index contributed by atoms with van der Waals surface area (Å²) < 4.78 is 27.1. The van der Waals surface area contributed by atoms with Crippen LogP contribution in [0.4, 0.5) is 0 Å². The van der Waals surface area contributed by atoms with Crippen molar-refractivity contribution in [3.8, 4) is 0 Å². The third kappa shape index (κ3) is 7.13. The molecule has 2 aromatic rings. The van der Waals surface area contributed by atoms with Crippen molar-refractivity contribution < 1.29 is 8.42 Å². The molecule has 2 rings (SSSR count). The molecule has 0 spiro atoms. The highest BCUT2D eigenvalue weighted by Gasteiger charge is 2.23. The van der Waals surface area contributed by atoms with E-state index in [0.29, 0.717) is 23.8 Å². The van der Waals surface area contributed by atoms with Crippen molar-refractivity contribution in [1.82, 2.24) is 14.9 Å². The van der Waals surface area contributed by atoms with E-state index < -0.39 is 10.0 Å². The molecule has 0 aliphatic rings. The van der Waals surface area contributed by atoms with Gasteiger partial charge in [0.2, 0.25) is 0 Å². The average Bonchev–Trinajstić information content (AvgIpc) is 3.21. The van der Waals surface area contributed by atoms with Gasteiger partial charge in [-0.3, -0.25) is 4.99 Å². The zero-order chi connectivity index (χ0) is 21.1. The molecule has 0 radical (unpaired) electrons. The van der Waals surface area contributed by atoms with Crippen molar-refractivity contribution in [3.63, 3.8) is 0 Å². The van der Waals surface area contributed by atoms with Crippen LogP contribution in [0.25, 0.3) is 0 Å². The van der Waals surface area contributed by atoms with Gasteiger partial charge >= 0.3 is 0 Å². The van der Waals surface area contributed by atoms with Gasteiger partial charge in [0.25, 0.3) is 10.0 Å². The quantitative estimate of drug-likeness (QED) is 0.322. The monoisotopic (exact) mass is 436 g/mol. The van der Waals surface area contributed by atoms with Crippen molar-refractivity contribution in [1.29, 1.82) is 0 Å². The number of guanidine groups is 1. The van der Waals surface area contributed by atoms with Gasteiger partial charge in [0.15, 0.2) is 5.96 Å². The molecule has 6 nitrogen and oxygen atoms in total. The molecule has 0 saturated carbocycles. The summed E-state index contributed by atoms with van der Waals surface area (Å²) >= 11 is 1.35. The zero-order valence-corrected chi connectivity index (χ0v) is 19.2. The Balaban J connectivity index is 1.75. The standard InChI is InChI=1S/C21H32N4O2S2/c1-4-25(5-2)29(26,27)20-14-13-19(28-20)15-17-24-21(22-3)23-16-9-12-18-10-7-6-8-11-18/h6-8,10-11,13-14H,4-5,9,12,15-17H2,1-3H3,(H2,22,23,24). The maximum Gasteiger partial charge on any atom is 0.252 e. The Morgan fingerprint density at radius 3 is 2.34 bits per heavy atom. The molecule has 0 amide bonds. The SMILES string of the molecule is CCN(CC)S(=O)(=O)c1ccc(CCNC(=NC)NCCCc2ccccc2)s1. The number of hydrogen-bond donors (Lipinski definition) is 2. The number of rotatable bonds is 11. The molecule has 0 bridgehead atoms. The van der Waals surface area contributed by atoms with Crippen LogP contribution in [-0.4, -0.2) is 51.9 Å². The van der Waals surface area contributed by atoms with Gasteiger partial charge in [0, 0.05) is 38.1 Å². The van der Waals surface area contributed by atoms with E-state index in [9.17, 15) is 8.42 Å². The Hall–Kier alpha value is -1.90. The summed E-state index contributed by atoms with van der Waals surface area (Å²) in [6, 6.07) is 14.1. The molecule has 160 valence electrons. The first kappa shape index (κ1) is 23.4. The van der Waals surface area contributed by atoms with Crippen molar-refractivity contribution in [2.75, 3.05) is 33.2 Å². The second-order valence-corrected chi connectivity index (χ2v) is 9.91. The number of nitrogens with one attached hydrogen (secondary N) is 2. The minimum Gasteiger partial charge on any atom is -0.356 e. The molecule has 1 aromatic heterocycles. The van der Waals surface area contributed by atoms with Gasteiger partial charge in [-0.2, -0.15) is 4.31 Å². The third-order valence-electron chi connectivity index (χ3n) is 4.60. The maximum absolute atomic E-state index is 12.6. The van der Waals surface area contributed by atoms with E-state index in [-0.39, 0.29) is 0 Å². The molecule has 0 fully saturated rings. The van der Waals surface area contributed by atoms with E-state index in [1.807, 2.05) is 26.0 Å². The highest BCUT2D eigenvalue weighted by Crippen LogP contribution is 2.25. The summed E-state index contributed by atoms with van der Waals surface area (Å²) in [4.78, 5) is 5.29. The van der Waals surface area contributed by atoms with Crippen LogP contribution >= 0.6 is 11.3 Å². The predicted octanol–water partition coefficient (Wildman–Crippen LogP) is 3.12. The molecular weight excluding hydrogens is 404 g/mol. The fraction of sp³-hybridized carbons (Fsp3) is 0.476. The number of sulfonamides is 1. The highest BCUT2D eigenvalue weighted by atomic mass is 32.2. The van der Waals surface area contributed by atoms with Crippen LogP contribution in [-0.2, 0) is 22.9 Å². The minimum absolute atomic E-state index is 0.416. The molecule has 2 N–H and O–H groups in total. The largest absolute Gasteiger partial charge is 0.356 e. The molecule has 0 aliphatic carbocycles. The van der Waals surface area contributed by atoms with Gasteiger partial charge in [-0.1, -0.05) is 44.2 Å². The van der Waals surface area contributed by atoms with Crippen LogP contribution < -0.4 is 10.6 Å². The first-order valence-corrected chi connectivity index (χ1v) is 12.3. The lowest BCUT2D eigenvalue weighted by atomic mass is 10.1. The van der Waals surface area contributed by atoms with Crippen molar-refractivity contribution in [3.05, 3.63) is 52.9 Å². The van der Waals surface area contributed by atoms with Gasteiger partial charge in [0.05, 0.1) is 0 Å². The lowest BCUT2D eigenvalue weighted by molar-refractivity contribution is 0.447. The van der Waals surface area contributed by atoms with Crippen LogP contribution in [0.15, 0.2) is 51.7 Å². The van der Waals surface area contributed by atoms with Crippen molar-refractivity contribution in [2.24, 2.45) is 4.99 Å². The van der Waals surface area contributed by atoms with Crippen molar-refractivity contribution in [2.45, 2.75) is 37.3 Å². The normalized spacial score (nSPS) is 12.3. The van der Waals surface area contributed by atoms with E-state index in [1.54, 1.807) is 13.1 Å². The van der Waals surface area contributed by atoms with Crippen LogP contribution in [0.3, 0.4) is 0 Å². The third-order valence-corrected chi connectivity index (χ3v) is 8.26. The molecule has 8 heteroatoms. The first-order chi connectivity index (χ1) is 14.0. The van der Waals surface area contributed by atoms with Crippen molar-refractivity contribution >= 4 is 27.3 Å². The summed E-state index contributed by atoms with van der Waals surface area (Å²) in [6.45, 7) is 6.24. The fourth-order valence-corrected chi connectivity index (χ4v) is 5.96. The summed E-state index contributed by atoms with van der Waals surface area (Å²) in [7, 11) is -1.61. The van der Waals surface area contributed by atoms with E-state index in [0.717, 1.165) is 36.6 Å². The summed E-state index contributed by atoms with van der Waals surface area (Å²) in [6.07, 6.45) is 2.81. The number of nitrogens with zero attached hydrogens (tertiary/aromatic N) is 2. The molecule has 0 unspecified atom stereocenters. The summed E-state index contributed by atoms with van der Waals surface area (Å²) in [5.41, 5.74) is 1.34.